The number of hydrogen-bond donors (Lipinski definition) is 2. The van der Waals surface area contributed by atoms with Crippen LogP contribution in [-0.2, 0) is 4.74 Å². The topological polar surface area (TPSA) is 92.3 Å². The lowest BCUT2D eigenvalue weighted by Gasteiger charge is -2.35. The summed E-state index contributed by atoms with van der Waals surface area (Å²) in [6, 6.07) is 5.44. The maximum Gasteiger partial charge on any atom is 0.317 e. The van der Waals surface area contributed by atoms with Crippen LogP contribution in [0.5, 0.6) is 0 Å². The van der Waals surface area contributed by atoms with Crippen LogP contribution in [0.1, 0.15) is 66.4 Å². The van der Waals surface area contributed by atoms with E-state index in [9.17, 15) is 18.0 Å². The van der Waals surface area contributed by atoms with Crippen LogP contribution < -0.4 is 10.6 Å². The predicted molar refractivity (Wildman–Crippen MR) is 137 cm³/mol. The molecule has 2 aliphatic heterocycles. The molecular formula is C27H31F3N6O2. The van der Waals surface area contributed by atoms with E-state index < -0.39 is 23.8 Å². The van der Waals surface area contributed by atoms with Crippen molar-refractivity contribution in [2.45, 2.75) is 58.0 Å². The van der Waals surface area contributed by atoms with Crippen molar-refractivity contribution < 1.29 is 22.7 Å². The lowest BCUT2D eigenvalue weighted by Crippen LogP contribution is -2.54. The molecule has 0 bridgehead atoms. The highest BCUT2D eigenvalue weighted by atomic mass is 19.3. The number of hydrogen-bond acceptors (Lipinski definition) is 6. The quantitative estimate of drug-likeness (QED) is 0.458. The molecule has 4 heterocycles. The third-order valence-electron chi connectivity index (χ3n) is 7.33. The Balaban J connectivity index is 1.38. The highest BCUT2D eigenvalue weighted by Crippen LogP contribution is 2.34. The number of amides is 2. The van der Waals surface area contributed by atoms with Crippen molar-refractivity contribution in [3.8, 4) is 0 Å². The Labute approximate surface area is 219 Å². The van der Waals surface area contributed by atoms with Crippen LogP contribution in [0, 0.1) is 19.7 Å². The molecule has 1 atom stereocenters. The third kappa shape index (κ3) is 5.24. The summed E-state index contributed by atoms with van der Waals surface area (Å²) in [4.78, 5) is 28.1. The van der Waals surface area contributed by atoms with Gasteiger partial charge in [-0.1, -0.05) is 18.2 Å². The summed E-state index contributed by atoms with van der Waals surface area (Å²) in [7, 11) is 0. The van der Waals surface area contributed by atoms with Crippen molar-refractivity contribution in [2.75, 3.05) is 31.6 Å². The Morgan fingerprint density at radius 2 is 1.82 bits per heavy atom. The zero-order valence-corrected chi connectivity index (χ0v) is 21.6. The van der Waals surface area contributed by atoms with E-state index >= 15 is 0 Å². The van der Waals surface area contributed by atoms with Crippen molar-refractivity contribution in [2.24, 2.45) is 0 Å². The zero-order chi connectivity index (χ0) is 27.0. The molecule has 202 valence electrons. The van der Waals surface area contributed by atoms with Gasteiger partial charge in [-0.2, -0.15) is 0 Å². The monoisotopic (exact) mass is 528 g/mol. The molecule has 2 amide bonds. The number of ether oxygens (including phenoxy) is 1. The van der Waals surface area contributed by atoms with Gasteiger partial charge in [0, 0.05) is 24.3 Å². The number of likely N-dealkylation sites (tertiary alicyclic amines) is 1. The number of piperidine rings is 1. The summed E-state index contributed by atoms with van der Waals surface area (Å²) >= 11 is 0. The molecule has 8 nitrogen and oxygen atoms in total. The number of benzene rings is 1. The molecule has 2 fully saturated rings. The van der Waals surface area contributed by atoms with Gasteiger partial charge in [-0.05, 0) is 51.2 Å². The molecule has 5 rings (SSSR count). The Morgan fingerprint density at radius 3 is 2.47 bits per heavy atom. The second-order valence-corrected chi connectivity index (χ2v) is 10.0. The minimum atomic E-state index is -2.90. The number of nitrogens with one attached hydrogen (secondary N) is 2. The summed E-state index contributed by atoms with van der Waals surface area (Å²) in [6.45, 7) is 7.78. The average molecular weight is 529 g/mol. The number of halogens is 3. The van der Waals surface area contributed by atoms with Gasteiger partial charge in [-0.25, -0.2) is 32.9 Å². The first kappa shape index (κ1) is 26.1. The van der Waals surface area contributed by atoms with Gasteiger partial charge in [0.2, 0.25) is 0 Å². The predicted octanol–water partition coefficient (Wildman–Crippen LogP) is 5.18. The fourth-order valence-electron chi connectivity index (χ4n) is 5.12. The largest absolute Gasteiger partial charge is 0.377 e. The van der Waals surface area contributed by atoms with E-state index in [1.54, 1.807) is 13.8 Å². The molecule has 3 aromatic rings. The molecule has 1 aromatic carbocycles. The Kier molecular flexibility index (Phi) is 7.38. The maximum absolute atomic E-state index is 14.8. The molecule has 0 spiro atoms. The van der Waals surface area contributed by atoms with Crippen molar-refractivity contribution in [3.05, 3.63) is 58.3 Å². The van der Waals surface area contributed by atoms with Gasteiger partial charge in [0.25, 0.3) is 6.43 Å². The SMILES string of the molecule is Cc1nc(N[C@H](C)c2cccc(C(F)F)c2F)c2cc(C3CCN(C(=O)NC4COC4)CC3)c(C)nc2n1. The molecule has 2 aliphatic rings. The van der Waals surface area contributed by atoms with Crippen LogP contribution in [0.15, 0.2) is 24.3 Å². The van der Waals surface area contributed by atoms with Gasteiger partial charge in [0.05, 0.1) is 36.2 Å². The van der Waals surface area contributed by atoms with Gasteiger partial charge in [0.15, 0.2) is 5.65 Å². The standard InChI is InChI=1S/C27H31F3N6O2/c1-14(19-5-4-6-20(23(19)28)24(29)30)31-25-22-11-21(15(2)32-26(22)34-16(3)33-25)17-7-9-36(10-8-17)27(37)35-18-12-38-13-18/h4-6,11,14,17-18,24H,7-10,12-13H2,1-3H3,(H,35,37)(H,31,32,33,34)/t14-/m1/s1. The number of rotatable bonds is 6. The Bertz CT molecular complexity index is 1340. The maximum atomic E-state index is 14.8. The summed E-state index contributed by atoms with van der Waals surface area (Å²) in [5, 5.41) is 6.87. The van der Waals surface area contributed by atoms with E-state index in [0.29, 0.717) is 49.0 Å². The molecule has 2 saturated heterocycles. The van der Waals surface area contributed by atoms with Gasteiger partial charge in [-0.3, -0.25) is 0 Å². The third-order valence-corrected chi connectivity index (χ3v) is 7.33. The van der Waals surface area contributed by atoms with Gasteiger partial charge < -0.3 is 20.3 Å². The smallest absolute Gasteiger partial charge is 0.317 e. The zero-order valence-electron chi connectivity index (χ0n) is 21.6. The number of fused-ring (bicyclic) bond motifs is 1. The first-order chi connectivity index (χ1) is 18.2. The van der Waals surface area contributed by atoms with Gasteiger partial charge >= 0.3 is 6.03 Å². The van der Waals surface area contributed by atoms with E-state index in [1.165, 1.54) is 12.1 Å². The van der Waals surface area contributed by atoms with Crippen molar-refractivity contribution >= 4 is 22.9 Å². The molecule has 0 aliphatic carbocycles. The van der Waals surface area contributed by atoms with Crippen molar-refractivity contribution in [3.63, 3.8) is 0 Å². The highest BCUT2D eigenvalue weighted by Gasteiger charge is 2.29. The van der Waals surface area contributed by atoms with Crippen LogP contribution in [0.2, 0.25) is 0 Å². The Morgan fingerprint density at radius 1 is 1.11 bits per heavy atom. The molecule has 0 unspecified atom stereocenters. The van der Waals surface area contributed by atoms with Crippen LogP contribution in [0.3, 0.4) is 0 Å². The number of alkyl halides is 2. The number of aromatic nitrogens is 3. The first-order valence-electron chi connectivity index (χ1n) is 12.8. The number of carbonyl (C=O) groups is 1. The van der Waals surface area contributed by atoms with Crippen LogP contribution in [-0.4, -0.2) is 58.2 Å². The van der Waals surface area contributed by atoms with Crippen LogP contribution in [0.25, 0.3) is 11.0 Å². The summed E-state index contributed by atoms with van der Waals surface area (Å²) in [5.41, 5.74) is 1.93. The van der Waals surface area contributed by atoms with Crippen LogP contribution in [0.4, 0.5) is 23.8 Å². The summed E-state index contributed by atoms with van der Waals surface area (Å²) < 4.78 is 46.4. The van der Waals surface area contributed by atoms with E-state index in [-0.39, 0.29) is 23.6 Å². The molecule has 0 radical (unpaired) electrons. The second kappa shape index (κ2) is 10.7. The molecular weight excluding hydrogens is 497 g/mol. The summed E-state index contributed by atoms with van der Waals surface area (Å²) in [5.74, 6) is 0.238. The van der Waals surface area contributed by atoms with Crippen molar-refractivity contribution in [1.29, 1.82) is 0 Å². The highest BCUT2D eigenvalue weighted by molar-refractivity contribution is 5.87. The molecule has 0 saturated carbocycles. The number of anilines is 1. The van der Waals surface area contributed by atoms with E-state index in [1.807, 2.05) is 17.9 Å². The minimum Gasteiger partial charge on any atom is -0.377 e. The van der Waals surface area contributed by atoms with Crippen molar-refractivity contribution in [1.82, 2.24) is 25.2 Å². The molecule has 11 heteroatoms. The Hall–Kier alpha value is -3.47. The van der Waals surface area contributed by atoms with Gasteiger partial charge in [0.1, 0.15) is 17.5 Å². The summed E-state index contributed by atoms with van der Waals surface area (Å²) in [6.07, 6.45) is -1.32. The lowest BCUT2D eigenvalue weighted by atomic mass is 9.88. The molecule has 2 aromatic heterocycles. The number of pyridine rings is 1. The first-order valence-corrected chi connectivity index (χ1v) is 12.8. The average Bonchev–Trinajstić information content (AvgIpc) is 2.85. The number of carbonyl (C=O) groups excluding carboxylic acids is 1. The van der Waals surface area contributed by atoms with E-state index in [0.717, 1.165) is 30.2 Å². The fraction of sp³-hybridized carbons (Fsp3) is 0.481. The molecule has 38 heavy (non-hydrogen) atoms. The second-order valence-electron chi connectivity index (χ2n) is 10.0. The number of urea groups is 1. The number of aryl methyl sites for hydroxylation is 2. The van der Waals surface area contributed by atoms with E-state index in [4.69, 9.17) is 9.72 Å². The van der Waals surface area contributed by atoms with Crippen LogP contribution >= 0.6 is 0 Å². The lowest BCUT2D eigenvalue weighted by molar-refractivity contribution is -0.00239. The normalized spacial score (nSPS) is 17.5. The fourth-order valence-corrected chi connectivity index (χ4v) is 5.12. The number of nitrogens with zero attached hydrogens (tertiary/aromatic N) is 4. The molecule has 2 N–H and O–H groups in total. The minimum absolute atomic E-state index is 0.0578. The van der Waals surface area contributed by atoms with E-state index in [2.05, 4.69) is 20.6 Å². The van der Waals surface area contributed by atoms with Gasteiger partial charge in [-0.15, -0.1) is 0 Å².